The third-order valence-corrected chi connectivity index (χ3v) is 9.61. The van der Waals surface area contributed by atoms with E-state index in [1.165, 1.54) is 6.04 Å². The van der Waals surface area contributed by atoms with E-state index in [4.69, 9.17) is 4.43 Å². The van der Waals surface area contributed by atoms with E-state index in [-0.39, 0.29) is 14.7 Å². The number of rotatable bonds is 8. The lowest BCUT2D eigenvalue weighted by Gasteiger charge is -2.38. The molecule has 0 saturated carbocycles. The summed E-state index contributed by atoms with van der Waals surface area (Å²) in [5, 5.41) is 0.199. The average Bonchev–Trinajstić information content (AvgIpc) is 2.12. The summed E-state index contributed by atoms with van der Waals surface area (Å²) in [6.07, 6.45) is 2.29. The van der Waals surface area contributed by atoms with Crippen LogP contribution in [0.3, 0.4) is 0 Å². The Hall–Kier alpha value is 0.571. The van der Waals surface area contributed by atoms with Crippen LogP contribution < -0.4 is 0 Å². The SMILES string of the molecule is CCC(CC)(O[Si](C)(C)C)[SiH2]CC[Si](C)(C)O. The summed E-state index contributed by atoms with van der Waals surface area (Å²) in [6, 6.07) is 2.29. The van der Waals surface area contributed by atoms with Gasteiger partial charge in [-0.1, -0.05) is 19.9 Å². The standard InChI is InChI=1S/C12H32O2Si3/c1-8-12(9-2,14-16(3,4)5)15-10-11-17(6,7)13/h13H,8-11,15H2,1-7H3. The fourth-order valence-corrected chi connectivity index (χ4v) is 11.1. The maximum atomic E-state index is 9.92. The molecule has 0 unspecified atom stereocenters. The minimum absolute atomic E-state index is 0.199. The van der Waals surface area contributed by atoms with Crippen molar-refractivity contribution < 1.29 is 9.22 Å². The lowest BCUT2D eigenvalue weighted by Crippen LogP contribution is -2.46. The normalized spacial score (nSPS) is 14.8. The van der Waals surface area contributed by atoms with Crippen LogP contribution in [0.2, 0.25) is 44.8 Å². The molecule has 104 valence electrons. The van der Waals surface area contributed by atoms with Gasteiger partial charge in [0, 0.05) is 5.22 Å². The monoisotopic (exact) mass is 292 g/mol. The van der Waals surface area contributed by atoms with Crippen molar-refractivity contribution >= 4 is 26.2 Å². The summed E-state index contributed by atoms with van der Waals surface area (Å²) in [7, 11) is -3.55. The smallest absolute Gasteiger partial charge is 0.184 e. The Morgan fingerprint density at radius 1 is 1.06 bits per heavy atom. The maximum Gasteiger partial charge on any atom is 0.184 e. The van der Waals surface area contributed by atoms with Gasteiger partial charge in [-0.3, -0.25) is 0 Å². The van der Waals surface area contributed by atoms with Gasteiger partial charge in [0.15, 0.2) is 16.6 Å². The molecule has 0 aromatic rings. The minimum Gasteiger partial charge on any atom is -0.432 e. The van der Waals surface area contributed by atoms with E-state index in [1.54, 1.807) is 0 Å². The highest BCUT2D eigenvalue weighted by Crippen LogP contribution is 2.26. The van der Waals surface area contributed by atoms with Gasteiger partial charge in [0.2, 0.25) is 0 Å². The Morgan fingerprint density at radius 3 is 1.82 bits per heavy atom. The largest absolute Gasteiger partial charge is 0.432 e. The molecule has 0 amide bonds. The zero-order valence-corrected chi connectivity index (χ0v) is 16.3. The first-order valence-electron chi connectivity index (χ1n) is 6.96. The van der Waals surface area contributed by atoms with Crippen molar-refractivity contribution in [1.82, 2.24) is 0 Å². The van der Waals surface area contributed by atoms with Crippen molar-refractivity contribution in [3.8, 4) is 0 Å². The van der Waals surface area contributed by atoms with Gasteiger partial charge >= 0.3 is 0 Å². The molecule has 0 aromatic heterocycles. The van der Waals surface area contributed by atoms with Crippen LogP contribution in [0.4, 0.5) is 0 Å². The molecule has 0 atom stereocenters. The van der Waals surface area contributed by atoms with E-state index in [9.17, 15) is 4.80 Å². The molecule has 2 nitrogen and oxygen atoms in total. The molecule has 0 rings (SSSR count). The fourth-order valence-electron chi connectivity index (χ4n) is 2.29. The molecule has 5 heteroatoms. The highest BCUT2D eigenvalue weighted by molar-refractivity contribution is 6.71. The van der Waals surface area contributed by atoms with Crippen molar-refractivity contribution in [3.05, 3.63) is 0 Å². The molecule has 0 aliphatic rings. The van der Waals surface area contributed by atoms with E-state index in [2.05, 4.69) is 33.5 Å². The molecule has 0 aliphatic heterocycles. The van der Waals surface area contributed by atoms with Crippen molar-refractivity contribution in [2.24, 2.45) is 0 Å². The van der Waals surface area contributed by atoms with Gasteiger partial charge in [-0.2, -0.15) is 0 Å². The fraction of sp³-hybridized carbons (Fsp3) is 1.00. The zero-order chi connectivity index (χ0) is 13.7. The predicted molar refractivity (Wildman–Crippen MR) is 85.6 cm³/mol. The van der Waals surface area contributed by atoms with Gasteiger partial charge in [0.25, 0.3) is 0 Å². The Bertz CT molecular complexity index is 215. The van der Waals surface area contributed by atoms with Crippen molar-refractivity contribution in [1.29, 1.82) is 0 Å². The van der Waals surface area contributed by atoms with E-state index in [1.807, 2.05) is 13.1 Å². The average molecular weight is 293 g/mol. The van der Waals surface area contributed by atoms with Crippen LogP contribution in [-0.2, 0) is 4.43 Å². The van der Waals surface area contributed by atoms with Gasteiger partial charge in [-0.05, 0) is 51.6 Å². The van der Waals surface area contributed by atoms with Crippen LogP contribution in [-0.4, -0.2) is 36.2 Å². The van der Waals surface area contributed by atoms with Gasteiger partial charge in [-0.15, -0.1) is 0 Å². The van der Waals surface area contributed by atoms with Crippen LogP contribution in [0.15, 0.2) is 0 Å². The first kappa shape index (κ1) is 17.6. The van der Waals surface area contributed by atoms with E-state index >= 15 is 0 Å². The lowest BCUT2D eigenvalue weighted by molar-refractivity contribution is 0.135. The zero-order valence-electron chi connectivity index (χ0n) is 12.9. The predicted octanol–water partition coefficient (Wildman–Crippen LogP) is 3.14. The van der Waals surface area contributed by atoms with Gasteiger partial charge in [0.05, 0.1) is 9.52 Å². The summed E-state index contributed by atoms with van der Waals surface area (Å²) >= 11 is 0. The molecule has 0 heterocycles. The molecule has 0 spiro atoms. The Balaban J connectivity index is 4.41. The van der Waals surface area contributed by atoms with Crippen molar-refractivity contribution in [2.75, 3.05) is 0 Å². The Morgan fingerprint density at radius 2 is 1.53 bits per heavy atom. The third kappa shape index (κ3) is 8.31. The highest BCUT2D eigenvalue weighted by atomic mass is 28.4. The minimum atomic E-state index is -1.85. The molecule has 0 aromatic carbocycles. The molecule has 0 saturated heterocycles. The second-order valence-corrected chi connectivity index (χ2v) is 17.8. The highest BCUT2D eigenvalue weighted by Gasteiger charge is 2.33. The van der Waals surface area contributed by atoms with Crippen LogP contribution in [0.5, 0.6) is 0 Å². The van der Waals surface area contributed by atoms with Gasteiger partial charge < -0.3 is 9.22 Å². The molecule has 0 radical (unpaired) electrons. The summed E-state index contributed by atoms with van der Waals surface area (Å²) < 4.78 is 6.47. The maximum absolute atomic E-state index is 9.92. The quantitative estimate of drug-likeness (QED) is 0.697. The molecule has 17 heavy (non-hydrogen) atoms. The lowest BCUT2D eigenvalue weighted by atomic mass is 10.2. The van der Waals surface area contributed by atoms with Crippen LogP contribution in [0.1, 0.15) is 26.7 Å². The summed E-state index contributed by atoms with van der Waals surface area (Å²) in [6.45, 7) is 15.5. The third-order valence-electron chi connectivity index (χ3n) is 3.23. The summed E-state index contributed by atoms with van der Waals surface area (Å²) in [5.74, 6) is 0. The van der Waals surface area contributed by atoms with Gasteiger partial charge in [0.1, 0.15) is 0 Å². The van der Waals surface area contributed by atoms with Crippen LogP contribution >= 0.6 is 0 Å². The molecular formula is C12H32O2Si3. The Kier molecular flexibility index (Phi) is 6.88. The first-order chi connectivity index (χ1) is 7.54. The molecule has 0 aliphatic carbocycles. The number of hydrogen-bond acceptors (Lipinski definition) is 2. The topological polar surface area (TPSA) is 29.5 Å². The Labute approximate surface area is 112 Å². The number of hydrogen-bond donors (Lipinski definition) is 1. The van der Waals surface area contributed by atoms with Crippen LogP contribution in [0.25, 0.3) is 0 Å². The van der Waals surface area contributed by atoms with E-state index in [0.717, 1.165) is 18.9 Å². The van der Waals surface area contributed by atoms with Crippen molar-refractivity contribution in [2.45, 2.75) is 76.7 Å². The van der Waals surface area contributed by atoms with Gasteiger partial charge in [-0.25, -0.2) is 0 Å². The summed E-state index contributed by atoms with van der Waals surface area (Å²) in [5.41, 5.74) is 0. The van der Waals surface area contributed by atoms with E-state index in [0.29, 0.717) is 0 Å². The molecular weight excluding hydrogens is 260 g/mol. The van der Waals surface area contributed by atoms with E-state index < -0.39 is 16.6 Å². The molecule has 0 fully saturated rings. The van der Waals surface area contributed by atoms with Crippen molar-refractivity contribution in [3.63, 3.8) is 0 Å². The second kappa shape index (κ2) is 6.65. The second-order valence-electron chi connectivity index (χ2n) is 6.77. The summed E-state index contributed by atoms with van der Waals surface area (Å²) in [4.78, 5) is 9.92. The van der Waals surface area contributed by atoms with Crippen LogP contribution in [0, 0.1) is 0 Å². The molecule has 1 N–H and O–H groups in total. The molecule has 0 bridgehead atoms. The first-order valence-corrected chi connectivity index (χ1v) is 15.2.